The third-order valence-corrected chi connectivity index (χ3v) is 4.33. The van der Waals surface area contributed by atoms with Gasteiger partial charge in [-0.15, -0.1) is 0 Å². The number of nitrogens with two attached hydrogens (primary N) is 1. The van der Waals surface area contributed by atoms with Gasteiger partial charge in [-0.1, -0.05) is 0 Å². The number of aliphatic hydroxyl groups is 3. The number of fused-ring (bicyclic) bond motifs is 1. The lowest BCUT2D eigenvalue weighted by Gasteiger charge is -2.20. The van der Waals surface area contributed by atoms with E-state index in [0.29, 0.717) is 16.9 Å². The molecule has 0 saturated carbocycles. The van der Waals surface area contributed by atoms with Crippen LogP contribution in [0.4, 0.5) is 5.82 Å². The summed E-state index contributed by atoms with van der Waals surface area (Å²) in [5.74, 6) is 0.608. The molecule has 22 heavy (non-hydrogen) atoms. The van der Waals surface area contributed by atoms with Crippen LogP contribution >= 0.6 is 11.8 Å². The van der Waals surface area contributed by atoms with E-state index in [-0.39, 0.29) is 5.82 Å². The van der Waals surface area contributed by atoms with Crippen molar-refractivity contribution in [3.63, 3.8) is 0 Å². The monoisotopic (exact) mass is 327 g/mol. The third kappa shape index (κ3) is 2.42. The minimum absolute atomic E-state index is 0.218. The Balaban J connectivity index is 1.92. The molecule has 1 aliphatic heterocycles. The number of rotatable bonds is 4. The molecule has 1 aliphatic rings. The van der Waals surface area contributed by atoms with Gasteiger partial charge in [0.2, 0.25) is 0 Å². The summed E-state index contributed by atoms with van der Waals surface area (Å²) in [6.45, 7) is 0. The Kier molecular flexibility index (Phi) is 4.19. The Morgan fingerprint density at radius 2 is 2.14 bits per heavy atom. The number of aromatic nitrogens is 4. The molecule has 1 unspecified atom stereocenters. The molecule has 0 radical (unpaired) electrons. The smallest absolute Gasteiger partial charge is 0.167 e. The summed E-state index contributed by atoms with van der Waals surface area (Å²) in [6.07, 6.45) is -0.563. The van der Waals surface area contributed by atoms with E-state index >= 15 is 0 Å². The lowest BCUT2D eigenvalue weighted by molar-refractivity contribution is -0.0763. The first kappa shape index (κ1) is 15.4. The minimum atomic E-state index is -1.21. The summed E-state index contributed by atoms with van der Waals surface area (Å²) in [4.78, 5) is 12.0. The number of hydrogen-bond donors (Lipinski definition) is 4. The molecule has 0 spiro atoms. The molecule has 5 N–H and O–H groups in total. The minimum Gasteiger partial charge on any atom is -0.389 e. The molecule has 5 atom stereocenters. The van der Waals surface area contributed by atoms with E-state index in [2.05, 4.69) is 15.0 Å². The van der Waals surface area contributed by atoms with E-state index in [1.54, 1.807) is 0 Å². The first-order valence-corrected chi connectivity index (χ1v) is 8.05. The Morgan fingerprint density at radius 3 is 2.86 bits per heavy atom. The van der Waals surface area contributed by atoms with Gasteiger partial charge in [-0.3, -0.25) is 4.57 Å². The standard InChI is InChI=1S/C12H17N5O4S/c1-22-2-5(18)9-7(19)8(20)12(21-9)17-4-16-6-10(13)14-3-15-11(6)17/h3-5,7-9,12,18-20H,2H2,1H3,(H2,13,14,15)/t5?,7-,8+,9+,12+/m0/s1. The number of aliphatic hydroxyl groups excluding tert-OH is 3. The zero-order valence-corrected chi connectivity index (χ0v) is 12.6. The molecule has 10 heteroatoms. The van der Waals surface area contributed by atoms with Gasteiger partial charge in [0.05, 0.1) is 12.4 Å². The molecule has 2 aromatic rings. The number of ether oxygens (including phenoxy) is 1. The predicted molar refractivity (Wildman–Crippen MR) is 80.0 cm³/mol. The van der Waals surface area contributed by atoms with Crippen LogP contribution in [0.25, 0.3) is 11.2 Å². The van der Waals surface area contributed by atoms with E-state index in [9.17, 15) is 15.3 Å². The first-order chi connectivity index (χ1) is 10.5. The van der Waals surface area contributed by atoms with Crippen molar-refractivity contribution >= 4 is 28.7 Å². The number of nitrogens with zero attached hydrogens (tertiary/aromatic N) is 4. The summed E-state index contributed by atoms with van der Waals surface area (Å²) in [6, 6.07) is 0. The topological polar surface area (TPSA) is 140 Å². The van der Waals surface area contributed by atoms with Crippen LogP contribution in [0.2, 0.25) is 0 Å². The summed E-state index contributed by atoms with van der Waals surface area (Å²) in [7, 11) is 0. The van der Waals surface area contributed by atoms with E-state index in [1.165, 1.54) is 29.0 Å². The van der Waals surface area contributed by atoms with Crippen LogP contribution in [0.5, 0.6) is 0 Å². The average molecular weight is 327 g/mol. The Bertz CT molecular complexity index is 668. The molecule has 0 aromatic carbocycles. The van der Waals surface area contributed by atoms with Gasteiger partial charge in [-0.05, 0) is 6.26 Å². The number of anilines is 1. The van der Waals surface area contributed by atoms with Crippen molar-refractivity contribution < 1.29 is 20.1 Å². The molecule has 0 amide bonds. The second-order valence-corrected chi connectivity index (χ2v) is 5.99. The van der Waals surface area contributed by atoms with Gasteiger partial charge in [0.1, 0.15) is 30.2 Å². The number of hydrogen-bond acceptors (Lipinski definition) is 9. The van der Waals surface area contributed by atoms with Crippen molar-refractivity contribution in [2.45, 2.75) is 30.6 Å². The third-order valence-electron chi connectivity index (χ3n) is 3.65. The largest absolute Gasteiger partial charge is 0.389 e. The molecule has 9 nitrogen and oxygen atoms in total. The molecule has 0 aliphatic carbocycles. The Morgan fingerprint density at radius 1 is 1.36 bits per heavy atom. The molecule has 2 aromatic heterocycles. The second-order valence-electron chi connectivity index (χ2n) is 5.08. The molecule has 1 saturated heterocycles. The van der Waals surface area contributed by atoms with Crippen molar-refractivity contribution in [2.24, 2.45) is 0 Å². The highest BCUT2D eigenvalue weighted by molar-refractivity contribution is 7.98. The first-order valence-electron chi connectivity index (χ1n) is 6.66. The van der Waals surface area contributed by atoms with E-state index in [4.69, 9.17) is 10.5 Å². The molecular weight excluding hydrogens is 310 g/mol. The van der Waals surface area contributed by atoms with Crippen molar-refractivity contribution in [1.82, 2.24) is 19.5 Å². The van der Waals surface area contributed by atoms with Crippen molar-refractivity contribution in [1.29, 1.82) is 0 Å². The fraction of sp³-hybridized carbons (Fsp3) is 0.583. The van der Waals surface area contributed by atoms with Gasteiger partial charge in [-0.25, -0.2) is 15.0 Å². The van der Waals surface area contributed by atoms with Crippen LogP contribution in [-0.2, 0) is 4.74 Å². The van der Waals surface area contributed by atoms with E-state index in [1.807, 2.05) is 6.26 Å². The van der Waals surface area contributed by atoms with Crippen LogP contribution in [0, 0.1) is 0 Å². The lowest BCUT2D eigenvalue weighted by Crippen LogP contribution is -2.39. The Hall–Kier alpha value is -1.46. The maximum atomic E-state index is 10.2. The zero-order valence-electron chi connectivity index (χ0n) is 11.8. The van der Waals surface area contributed by atoms with Crippen LogP contribution in [-0.4, -0.2) is 71.3 Å². The highest BCUT2D eigenvalue weighted by Crippen LogP contribution is 2.33. The fourth-order valence-electron chi connectivity index (χ4n) is 2.56. The quantitative estimate of drug-likeness (QED) is 0.542. The van der Waals surface area contributed by atoms with Gasteiger partial charge in [0, 0.05) is 5.75 Å². The molecule has 3 heterocycles. The highest BCUT2D eigenvalue weighted by Gasteiger charge is 2.47. The maximum absolute atomic E-state index is 10.2. The highest BCUT2D eigenvalue weighted by atomic mass is 32.2. The van der Waals surface area contributed by atoms with Crippen LogP contribution < -0.4 is 5.73 Å². The van der Waals surface area contributed by atoms with E-state index < -0.39 is 30.6 Å². The van der Waals surface area contributed by atoms with Crippen molar-refractivity contribution in [3.05, 3.63) is 12.7 Å². The number of nitrogen functional groups attached to an aromatic ring is 1. The number of imidazole rings is 1. The van der Waals surface area contributed by atoms with Gasteiger partial charge in [-0.2, -0.15) is 11.8 Å². The van der Waals surface area contributed by atoms with Gasteiger partial charge < -0.3 is 25.8 Å². The zero-order chi connectivity index (χ0) is 15.9. The normalized spacial score (nSPS) is 30.0. The summed E-state index contributed by atoms with van der Waals surface area (Å²) >= 11 is 1.42. The van der Waals surface area contributed by atoms with Crippen LogP contribution in [0.3, 0.4) is 0 Å². The lowest BCUT2D eigenvalue weighted by atomic mass is 10.1. The van der Waals surface area contributed by atoms with Crippen LogP contribution in [0.15, 0.2) is 12.7 Å². The van der Waals surface area contributed by atoms with Crippen LogP contribution in [0.1, 0.15) is 6.23 Å². The SMILES string of the molecule is CSCC(O)[C@H]1O[C@@H](n2cnc3c(N)ncnc32)[C@H](O)[C@@H]1O. The molecule has 1 fully saturated rings. The van der Waals surface area contributed by atoms with Gasteiger partial charge in [0.25, 0.3) is 0 Å². The second kappa shape index (κ2) is 5.97. The van der Waals surface area contributed by atoms with Crippen molar-refractivity contribution in [2.75, 3.05) is 17.7 Å². The average Bonchev–Trinajstić information content (AvgIpc) is 3.03. The molecule has 120 valence electrons. The molecular formula is C12H17N5O4S. The predicted octanol–water partition coefficient (Wildman–Crippen LogP) is -1.25. The van der Waals surface area contributed by atoms with Crippen molar-refractivity contribution in [3.8, 4) is 0 Å². The summed E-state index contributed by atoms with van der Waals surface area (Å²) < 4.78 is 7.13. The fourth-order valence-corrected chi connectivity index (χ4v) is 3.09. The molecule has 0 bridgehead atoms. The van der Waals surface area contributed by atoms with E-state index in [0.717, 1.165) is 0 Å². The summed E-state index contributed by atoms with van der Waals surface area (Å²) in [5, 5.41) is 30.4. The Labute approximate surface area is 130 Å². The molecule has 3 rings (SSSR count). The maximum Gasteiger partial charge on any atom is 0.167 e. The van der Waals surface area contributed by atoms with Gasteiger partial charge in [0.15, 0.2) is 17.7 Å². The summed E-state index contributed by atoms with van der Waals surface area (Å²) in [5.41, 5.74) is 6.50. The number of thioether (sulfide) groups is 1. The van der Waals surface area contributed by atoms with Gasteiger partial charge >= 0.3 is 0 Å².